The molecule has 0 fully saturated rings. The Hall–Kier alpha value is -2.52. The van der Waals surface area contributed by atoms with E-state index in [1.807, 2.05) is 66.7 Å². The van der Waals surface area contributed by atoms with E-state index in [0.29, 0.717) is 5.25 Å². The van der Waals surface area contributed by atoms with Gasteiger partial charge in [-0.2, -0.15) is 0 Å². The highest BCUT2D eigenvalue weighted by Gasteiger charge is 2.13. The number of para-hydroxylation sites is 2. The standard InChI is InChI=1S/C22H21NOS/c1-16(2)25-21-15-9-7-13-19(21)23-22(17-10-4-3-5-11-17)18-12-6-8-14-20(18)24/h3-16,24H,1-2H3. The summed E-state index contributed by atoms with van der Waals surface area (Å²) in [5.74, 6) is 0.235. The van der Waals surface area contributed by atoms with E-state index in [0.717, 1.165) is 27.4 Å². The highest BCUT2D eigenvalue weighted by molar-refractivity contribution is 8.00. The van der Waals surface area contributed by atoms with Crippen LogP contribution in [0.2, 0.25) is 0 Å². The average Bonchev–Trinajstić information content (AvgIpc) is 2.62. The molecule has 0 spiro atoms. The number of benzene rings is 3. The Labute approximate surface area is 153 Å². The molecule has 3 heteroatoms. The molecular formula is C22H21NOS. The first-order chi connectivity index (χ1) is 12.1. The third-order valence-electron chi connectivity index (χ3n) is 3.67. The zero-order chi connectivity index (χ0) is 17.6. The van der Waals surface area contributed by atoms with Gasteiger partial charge in [0, 0.05) is 21.3 Å². The van der Waals surface area contributed by atoms with Crippen molar-refractivity contribution in [2.45, 2.75) is 24.0 Å². The van der Waals surface area contributed by atoms with Crippen LogP contribution in [0.15, 0.2) is 88.8 Å². The molecular weight excluding hydrogens is 326 g/mol. The molecule has 0 aliphatic rings. The van der Waals surface area contributed by atoms with Crippen LogP contribution >= 0.6 is 11.8 Å². The van der Waals surface area contributed by atoms with Gasteiger partial charge in [0.05, 0.1) is 11.4 Å². The Balaban J connectivity index is 2.16. The summed E-state index contributed by atoms with van der Waals surface area (Å²) in [6.07, 6.45) is 0. The monoisotopic (exact) mass is 347 g/mol. The van der Waals surface area contributed by atoms with Gasteiger partial charge in [0.2, 0.25) is 0 Å². The number of hydrogen-bond acceptors (Lipinski definition) is 3. The molecule has 126 valence electrons. The predicted molar refractivity (Wildman–Crippen MR) is 107 cm³/mol. The first-order valence-electron chi connectivity index (χ1n) is 8.33. The van der Waals surface area contributed by atoms with Crippen molar-refractivity contribution in [2.24, 2.45) is 4.99 Å². The zero-order valence-electron chi connectivity index (χ0n) is 14.4. The molecule has 0 aliphatic heterocycles. The highest BCUT2D eigenvalue weighted by Crippen LogP contribution is 2.33. The molecule has 3 rings (SSSR count). The third-order valence-corrected chi connectivity index (χ3v) is 4.74. The van der Waals surface area contributed by atoms with Crippen molar-refractivity contribution < 1.29 is 5.11 Å². The van der Waals surface area contributed by atoms with Gasteiger partial charge in [-0.3, -0.25) is 0 Å². The van der Waals surface area contributed by atoms with Gasteiger partial charge < -0.3 is 5.11 Å². The second-order valence-electron chi connectivity index (χ2n) is 5.98. The fraction of sp³-hybridized carbons (Fsp3) is 0.136. The van der Waals surface area contributed by atoms with Crippen LogP contribution in [0.3, 0.4) is 0 Å². The maximum atomic E-state index is 10.3. The van der Waals surface area contributed by atoms with E-state index in [1.54, 1.807) is 17.8 Å². The summed E-state index contributed by atoms with van der Waals surface area (Å²) in [6.45, 7) is 4.35. The molecule has 1 N–H and O–H groups in total. The van der Waals surface area contributed by atoms with Gasteiger partial charge in [0.15, 0.2) is 0 Å². The first kappa shape index (κ1) is 17.3. The second-order valence-corrected chi connectivity index (χ2v) is 7.60. The van der Waals surface area contributed by atoms with E-state index in [2.05, 4.69) is 19.9 Å². The average molecular weight is 347 g/mol. The molecule has 0 atom stereocenters. The fourth-order valence-electron chi connectivity index (χ4n) is 2.57. The molecule has 2 nitrogen and oxygen atoms in total. The van der Waals surface area contributed by atoms with E-state index < -0.39 is 0 Å². The Kier molecular flexibility index (Phi) is 5.56. The SMILES string of the molecule is CC(C)Sc1ccccc1N=C(c1ccccc1)c1ccccc1O. The van der Waals surface area contributed by atoms with Crippen molar-refractivity contribution in [1.82, 2.24) is 0 Å². The smallest absolute Gasteiger partial charge is 0.124 e. The van der Waals surface area contributed by atoms with Crippen LogP contribution in [0.25, 0.3) is 0 Å². The molecule has 0 saturated carbocycles. The topological polar surface area (TPSA) is 32.6 Å². The molecule has 0 aromatic heterocycles. The normalized spacial score (nSPS) is 11.7. The lowest BCUT2D eigenvalue weighted by molar-refractivity contribution is 0.474. The summed E-state index contributed by atoms with van der Waals surface area (Å²) in [5.41, 5.74) is 3.41. The maximum Gasteiger partial charge on any atom is 0.124 e. The highest BCUT2D eigenvalue weighted by atomic mass is 32.2. The van der Waals surface area contributed by atoms with Crippen LogP contribution in [0.5, 0.6) is 5.75 Å². The lowest BCUT2D eigenvalue weighted by atomic mass is 10.0. The third kappa shape index (κ3) is 4.31. The van der Waals surface area contributed by atoms with E-state index in [9.17, 15) is 5.11 Å². The summed E-state index contributed by atoms with van der Waals surface area (Å²) in [5, 5.41) is 10.8. The maximum absolute atomic E-state index is 10.3. The molecule has 25 heavy (non-hydrogen) atoms. The number of hydrogen-bond donors (Lipinski definition) is 1. The molecule has 0 unspecified atom stereocenters. The first-order valence-corrected chi connectivity index (χ1v) is 9.21. The van der Waals surface area contributed by atoms with E-state index in [-0.39, 0.29) is 5.75 Å². The number of nitrogens with zero attached hydrogens (tertiary/aromatic N) is 1. The molecule has 3 aromatic rings. The van der Waals surface area contributed by atoms with Gasteiger partial charge >= 0.3 is 0 Å². The van der Waals surface area contributed by atoms with Crippen molar-refractivity contribution in [3.05, 3.63) is 90.0 Å². The fourth-order valence-corrected chi connectivity index (χ4v) is 3.47. The minimum absolute atomic E-state index is 0.235. The number of aromatic hydroxyl groups is 1. The van der Waals surface area contributed by atoms with Crippen LogP contribution in [0, 0.1) is 0 Å². The van der Waals surface area contributed by atoms with Crippen LogP contribution in [0.4, 0.5) is 5.69 Å². The van der Waals surface area contributed by atoms with E-state index in [4.69, 9.17) is 4.99 Å². The molecule has 0 radical (unpaired) electrons. The minimum atomic E-state index is 0.235. The molecule has 0 bridgehead atoms. The van der Waals surface area contributed by atoms with E-state index >= 15 is 0 Å². The number of phenols is 1. The van der Waals surface area contributed by atoms with Crippen molar-refractivity contribution >= 4 is 23.2 Å². The van der Waals surface area contributed by atoms with Gasteiger partial charge in [-0.1, -0.05) is 68.4 Å². The van der Waals surface area contributed by atoms with Gasteiger partial charge in [-0.25, -0.2) is 4.99 Å². The largest absolute Gasteiger partial charge is 0.507 e. The summed E-state index contributed by atoms with van der Waals surface area (Å²) < 4.78 is 0. The van der Waals surface area contributed by atoms with E-state index in [1.165, 1.54) is 0 Å². The Morgan fingerprint density at radius 3 is 2.20 bits per heavy atom. The minimum Gasteiger partial charge on any atom is -0.507 e. The second kappa shape index (κ2) is 8.04. The number of rotatable bonds is 5. The van der Waals surface area contributed by atoms with Gasteiger partial charge in [0.25, 0.3) is 0 Å². The lowest BCUT2D eigenvalue weighted by Crippen LogP contribution is -2.03. The number of thioether (sulfide) groups is 1. The Morgan fingerprint density at radius 1 is 0.840 bits per heavy atom. The van der Waals surface area contributed by atoms with Gasteiger partial charge in [0.1, 0.15) is 5.75 Å². The van der Waals surface area contributed by atoms with Crippen molar-refractivity contribution in [3.8, 4) is 5.75 Å². The van der Waals surface area contributed by atoms with Crippen molar-refractivity contribution in [2.75, 3.05) is 0 Å². The van der Waals surface area contributed by atoms with Crippen LogP contribution in [-0.2, 0) is 0 Å². The summed E-state index contributed by atoms with van der Waals surface area (Å²) in [7, 11) is 0. The molecule has 0 saturated heterocycles. The predicted octanol–water partition coefficient (Wildman–Crippen LogP) is 6.06. The van der Waals surface area contributed by atoms with Crippen molar-refractivity contribution in [3.63, 3.8) is 0 Å². The Bertz CT molecular complexity index is 872. The van der Waals surface area contributed by atoms with Crippen LogP contribution in [0.1, 0.15) is 25.0 Å². The zero-order valence-corrected chi connectivity index (χ0v) is 15.2. The molecule has 3 aromatic carbocycles. The van der Waals surface area contributed by atoms with Crippen molar-refractivity contribution in [1.29, 1.82) is 0 Å². The van der Waals surface area contributed by atoms with Gasteiger partial charge in [-0.05, 0) is 24.3 Å². The summed E-state index contributed by atoms with van der Waals surface area (Å²) in [4.78, 5) is 6.09. The lowest BCUT2D eigenvalue weighted by Gasteiger charge is -2.12. The van der Waals surface area contributed by atoms with Crippen LogP contribution < -0.4 is 0 Å². The summed E-state index contributed by atoms with van der Waals surface area (Å²) >= 11 is 1.79. The number of aliphatic imine (C=N–C) groups is 1. The molecule has 0 amide bonds. The van der Waals surface area contributed by atoms with Crippen LogP contribution in [-0.4, -0.2) is 16.1 Å². The Morgan fingerprint density at radius 2 is 1.48 bits per heavy atom. The molecule has 0 heterocycles. The number of phenolic OH excluding ortho intramolecular Hbond substituents is 1. The van der Waals surface area contributed by atoms with Gasteiger partial charge in [-0.15, -0.1) is 11.8 Å². The summed E-state index contributed by atoms with van der Waals surface area (Å²) in [6, 6.07) is 25.5. The molecule has 0 aliphatic carbocycles. The quantitative estimate of drug-likeness (QED) is 0.449.